The van der Waals surface area contributed by atoms with Crippen molar-refractivity contribution in [3.05, 3.63) is 40.8 Å². The fourth-order valence-corrected chi connectivity index (χ4v) is 3.75. The number of aromatic nitrogens is 3. The molecule has 0 saturated carbocycles. The van der Waals surface area contributed by atoms with Crippen LogP contribution in [-0.4, -0.2) is 44.7 Å². The van der Waals surface area contributed by atoms with E-state index < -0.39 is 11.7 Å². The number of pyridine rings is 1. The van der Waals surface area contributed by atoms with Crippen LogP contribution in [0.3, 0.4) is 0 Å². The van der Waals surface area contributed by atoms with Crippen molar-refractivity contribution in [3.8, 4) is 5.82 Å². The van der Waals surface area contributed by atoms with E-state index in [9.17, 15) is 18.0 Å². The highest BCUT2D eigenvalue weighted by molar-refractivity contribution is 5.80. The summed E-state index contributed by atoms with van der Waals surface area (Å²) >= 11 is 0. The zero-order chi connectivity index (χ0) is 20.6. The third kappa shape index (κ3) is 3.89. The molecule has 0 spiro atoms. The van der Waals surface area contributed by atoms with Crippen LogP contribution in [0.5, 0.6) is 0 Å². The van der Waals surface area contributed by atoms with Crippen LogP contribution in [0, 0.1) is 19.8 Å². The Kier molecular flexibility index (Phi) is 5.47. The minimum Gasteiger partial charge on any atom is -0.339 e. The molecule has 2 N–H and O–H groups in total. The predicted molar refractivity (Wildman–Crippen MR) is 97.9 cm³/mol. The van der Waals surface area contributed by atoms with Gasteiger partial charge in [0, 0.05) is 30.0 Å². The van der Waals surface area contributed by atoms with Gasteiger partial charge in [0.05, 0.1) is 17.7 Å². The second-order valence-corrected chi connectivity index (χ2v) is 7.37. The van der Waals surface area contributed by atoms with Gasteiger partial charge in [-0.15, -0.1) is 0 Å². The molecule has 2 unspecified atom stereocenters. The van der Waals surface area contributed by atoms with Crippen LogP contribution < -0.4 is 5.73 Å². The van der Waals surface area contributed by atoms with E-state index in [4.69, 9.17) is 5.73 Å². The fourth-order valence-electron chi connectivity index (χ4n) is 3.75. The Labute approximate surface area is 161 Å². The van der Waals surface area contributed by atoms with Crippen molar-refractivity contribution in [2.45, 2.75) is 45.8 Å². The van der Waals surface area contributed by atoms with Crippen molar-refractivity contribution >= 4 is 5.91 Å². The van der Waals surface area contributed by atoms with Crippen LogP contribution in [0.4, 0.5) is 13.2 Å². The van der Waals surface area contributed by atoms with Crippen molar-refractivity contribution in [2.75, 3.05) is 13.1 Å². The van der Waals surface area contributed by atoms with Gasteiger partial charge in [-0.1, -0.05) is 0 Å². The summed E-state index contributed by atoms with van der Waals surface area (Å²) in [7, 11) is 0. The molecule has 2 aromatic rings. The number of carbonyl (C=O) groups is 1. The molecule has 6 nitrogen and oxygen atoms in total. The SMILES string of the molecule is Cc1nn(-c2ccc(C(F)(F)F)cn2)c(C)c1CC(=O)N1CC(CN)CC1C. The smallest absolute Gasteiger partial charge is 0.339 e. The van der Waals surface area contributed by atoms with Crippen LogP contribution in [0.2, 0.25) is 0 Å². The summed E-state index contributed by atoms with van der Waals surface area (Å²) in [6.07, 6.45) is -2.56. The Bertz CT molecular complexity index is 860. The van der Waals surface area contributed by atoms with Gasteiger partial charge in [0.1, 0.15) is 0 Å². The summed E-state index contributed by atoms with van der Waals surface area (Å²) in [5, 5.41) is 4.38. The third-order valence-electron chi connectivity index (χ3n) is 5.38. The molecule has 0 aliphatic carbocycles. The Morgan fingerprint density at radius 1 is 1.32 bits per heavy atom. The van der Waals surface area contributed by atoms with E-state index in [1.54, 1.807) is 13.8 Å². The lowest BCUT2D eigenvalue weighted by molar-refractivity contribution is -0.137. The van der Waals surface area contributed by atoms with Gasteiger partial charge in [0.15, 0.2) is 5.82 Å². The lowest BCUT2D eigenvalue weighted by atomic mass is 10.1. The number of halogens is 3. The first-order valence-electron chi connectivity index (χ1n) is 9.20. The predicted octanol–water partition coefficient (Wildman–Crippen LogP) is 2.64. The highest BCUT2D eigenvalue weighted by Crippen LogP contribution is 2.29. The Balaban J connectivity index is 1.81. The molecule has 1 saturated heterocycles. The highest BCUT2D eigenvalue weighted by atomic mass is 19.4. The number of likely N-dealkylation sites (tertiary alicyclic amines) is 1. The molecule has 0 bridgehead atoms. The number of rotatable bonds is 4. The minimum absolute atomic E-state index is 0.00887. The van der Waals surface area contributed by atoms with Gasteiger partial charge in [-0.25, -0.2) is 9.67 Å². The summed E-state index contributed by atoms with van der Waals surface area (Å²) < 4.78 is 39.7. The number of amides is 1. The maximum absolute atomic E-state index is 12.8. The van der Waals surface area contributed by atoms with Gasteiger partial charge < -0.3 is 10.6 Å². The molecule has 1 aliphatic heterocycles. The number of carbonyl (C=O) groups excluding carboxylic acids is 1. The Hall–Kier alpha value is -2.42. The number of nitrogens with zero attached hydrogens (tertiary/aromatic N) is 4. The van der Waals surface area contributed by atoms with Gasteiger partial charge >= 0.3 is 6.18 Å². The molecule has 0 radical (unpaired) electrons. The topological polar surface area (TPSA) is 77.0 Å². The number of alkyl halides is 3. The zero-order valence-corrected chi connectivity index (χ0v) is 16.1. The Morgan fingerprint density at radius 2 is 2.04 bits per heavy atom. The second kappa shape index (κ2) is 7.54. The van der Waals surface area contributed by atoms with Crippen molar-refractivity contribution in [1.29, 1.82) is 0 Å². The van der Waals surface area contributed by atoms with E-state index in [-0.39, 0.29) is 24.2 Å². The number of hydrogen-bond donors (Lipinski definition) is 1. The van der Waals surface area contributed by atoms with Crippen LogP contribution in [-0.2, 0) is 17.4 Å². The van der Waals surface area contributed by atoms with Gasteiger partial charge in [0.2, 0.25) is 5.91 Å². The maximum atomic E-state index is 12.8. The molecule has 28 heavy (non-hydrogen) atoms. The van der Waals surface area contributed by atoms with E-state index in [0.29, 0.717) is 30.4 Å². The lowest BCUT2D eigenvalue weighted by Gasteiger charge is -2.21. The molecule has 1 fully saturated rings. The molecule has 152 valence electrons. The molecule has 2 aromatic heterocycles. The molecule has 9 heteroatoms. The van der Waals surface area contributed by atoms with Gasteiger partial charge in [-0.05, 0) is 51.8 Å². The summed E-state index contributed by atoms with van der Waals surface area (Å²) in [4.78, 5) is 18.5. The van der Waals surface area contributed by atoms with Crippen molar-refractivity contribution < 1.29 is 18.0 Å². The monoisotopic (exact) mass is 395 g/mol. The van der Waals surface area contributed by atoms with Crippen LogP contribution in [0.15, 0.2) is 18.3 Å². The van der Waals surface area contributed by atoms with E-state index >= 15 is 0 Å². The normalized spacial score (nSPS) is 20.0. The fraction of sp³-hybridized carbons (Fsp3) is 0.526. The standard InChI is InChI=1S/C19H24F3N5O/c1-11-6-14(8-23)10-26(11)18(28)7-16-12(2)25-27(13(16)3)17-5-4-15(9-24-17)19(20,21)22/h4-5,9,11,14H,6-8,10,23H2,1-3H3. The van der Waals surface area contributed by atoms with Crippen LogP contribution in [0.25, 0.3) is 5.82 Å². The molecule has 3 heterocycles. The molecule has 3 rings (SSSR count). The average molecular weight is 395 g/mol. The molecule has 2 atom stereocenters. The van der Waals surface area contributed by atoms with E-state index in [0.717, 1.165) is 24.2 Å². The number of hydrogen-bond acceptors (Lipinski definition) is 4. The molecular formula is C19H24F3N5O. The van der Waals surface area contributed by atoms with Gasteiger partial charge in [0.25, 0.3) is 0 Å². The minimum atomic E-state index is -4.44. The van der Waals surface area contributed by atoms with Crippen LogP contribution in [0.1, 0.15) is 35.9 Å². The van der Waals surface area contributed by atoms with E-state index in [1.165, 1.54) is 10.7 Å². The largest absolute Gasteiger partial charge is 0.417 e. The highest BCUT2D eigenvalue weighted by Gasteiger charge is 2.33. The molecule has 0 aromatic carbocycles. The summed E-state index contributed by atoms with van der Waals surface area (Å²) in [5.41, 5.74) is 7.05. The Morgan fingerprint density at radius 3 is 2.57 bits per heavy atom. The summed E-state index contributed by atoms with van der Waals surface area (Å²) in [6, 6.07) is 2.40. The summed E-state index contributed by atoms with van der Waals surface area (Å²) in [6.45, 7) is 6.81. The van der Waals surface area contributed by atoms with Gasteiger partial charge in [-0.3, -0.25) is 4.79 Å². The third-order valence-corrected chi connectivity index (χ3v) is 5.38. The molecule has 1 amide bonds. The van der Waals surface area contributed by atoms with Crippen molar-refractivity contribution in [2.24, 2.45) is 11.7 Å². The first kappa shape index (κ1) is 20.3. The maximum Gasteiger partial charge on any atom is 0.417 e. The number of aryl methyl sites for hydroxylation is 1. The van der Waals surface area contributed by atoms with Crippen molar-refractivity contribution in [3.63, 3.8) is 0 Å². The molecular weight excluding hydrogens is 371 g/mol. The second-order valence-electron chi connectivity index (χ2n) is 7.37. The average Bonchev–Trinajstić information content (AvgIpc) is 3.15. The lowest BCUT2D eigenvalue weighted by Crippen LogP contribution is -2.35. The van der Waals surface area contributed by atoms with E-state index in [2.05, 4.69) is 10.1 Å². The van der Waals surface area contributed by atoms with Crippen molar-refractivity contribution in [1.82, 2.24) is 19.7 Å². The first-order chi connectivity index (χ1) is 13.1. The number of nitrogens with two attached hydrogens (primary N) is 1. The summed E-state index contributed by atoms with van der Waals surface area (Å²) in [5.74, 6) is 0.611. The first-order valence-corrected chi connectivity index (χ1v) is 9.20. The molecule has 1 aliphatic rings. The van der Waals surface area contributed by atoms with E-state index in [1.807, 2.05) is 11.8 Å². The quantitative estimate of drug-likeness (QED) is 0.864. The van der Waals surface area contributed by atoms with Crippen LogP contribution >= 0.6 is 0 Å². The van der Waals surface area contributed by atoms with Gasteiger partial charge in [-0.2, -0.15) is 18.3 Å². The zero-order valence-electron chi connectivity index (χ0n) is 16.1.